The van der Waals surface area contributed by atoms with Crippen LogP contribution in [-0.2, 0) is 0 Å². The highest BCUT2D eigenvalue weighted by Crippen LogP contribution is 2.27. The van der Waals surface area contributed by atoms with Crippen LogP contribution in [-0.4, -0.2) is 33.8 Å². The maximum atomic E-state index is 8.87. The molecule has 0 bridgehead atoms. The number of amidine groups is 1. The van der Waals surface area contributed by atoms with Gasteiger partial charge in [-0.2, -0.15) is 5.10 Å². The third-order valence-electron chi connectivity index (χ3n) is 3.71. The molecule has 0 amide bonds. The normalized spacial score (nSPS) is 17.4. The molecule has 0 saturated heterocycles. The maximum absolute atomic E-state index is 8.87. The fourth-order valence-corrected chi connectivity index (χ4v) is 2.76. The van der Waals surface area contributed by atoms with Crippen LogP contribution >= 0.6 is 0 Å². The van der Waals surface area contributed by atoms with Gasteiger partial charge in [-0.3, -0.25) is 0 Å². The van der Waals surface area contributed by atoms with E-state index < -0.39 is 0 Å². The Balaban J connectivity index is 2.32. The summed E-state index contributed by atoms with van der Waals surface area (Å²) in [5, 5.41) is 20.1. The first-order chi connectivity index (χ1) is 9.27. The number of anilines is 1. The van der Waals surface area contributed by atoms with Crippen LogP contribution in [0.25, 0.3) is 0 Å². The van der Waals surface area contributed by atoms with E-state index in [1.165, 1.54) is 32.1 Å². The van der Waals surface area contributed by atoms with Gasteiger partial charge in [0.2, 0.25) is 0 Å². The lowest BCUT2D eigenvalue weighted by Gasteiger charge is -2.34. The Kier molecular flexibility index (Phi) is 4.54. The van der Waals surface area contributed by atoms with E-state index >= 15 is 0 Å². The summed E-state index contributed by atoms with van der Waals surface area (Å²) < 4.78 is 0. The molecule has 1 aromatic heterocycles. The second-order valence-corrected chi connectivity index (χ2v) is 4.83. The van der Waals surface area contributed by atoms with E-state index in [9.17, 15) is 0 Å². The molecular formula is C13H21N5O. The van der Waals surface area contributed by atoms with E-state index in [1.54, 1.807) is 12.3 Å². The number of hydrogen-bond acceptors (Lipinski definition) is 5. The standard InChI is InChI=1S/C13H21N5O/c1-2-18(10-6-4-3-5-7-10)13-11(12(14)17-19)8-9-15-16-13/h8-10,19H,2-7H2,1H3,(H2,14,17). The van der Waals surface area contributed by atoms with Crippen molar-refractivity contribution in [3.05, 3.63) is 17.8 Å². The summed E-state index contributed by atoms with van der Waals surface area (Å²) in [4.78, 5) is 2.22. The molecule has 1 fully saturated rings. The summed E-state index contributed by atoms with van der Waals surface area (Å²) in [5.41, 5.74) is 6.37. The van der Waals surface area contributed by atoms with Crippen LogP contribution in [0.1, 0.15) is 44.6 Å². The Morgan fingerprint density at radius 1 is 1.47 bits per heavy atom. The molecule has 0 aliphatic heterocycles. The number of hydrogen-bond donors (Lipinski definition) is 2. The lowest BCUT2D eigenvalue weighted by atomic mass is 9.94. The van der Waals surface area contributed by atoms with Gasteiger partial charge in [0, 0.05) is 12.6 Å². The van der Waals surface area contributed by atoms with Crippen LogP contribution < -0.4 is 10.6 Å². The molecule has 0 aromatic carbocycles. The summed E-state index contributed by atoms with van der Waals surface area (Å²) in [7, 11) is 0. The number of oxime groups is 1. The van der Waals surface area contributed by atoms with Crippen LogP contribution in [0.4, 0.5) is 5.82 Å². The molecule has 104 valence electrons. The van der Waals surface area contributed by atoms with Crippen molar-refractivity contribution < 1.29 is 5.21 Å². The van der Waals surface area contributed by atoms with Crippen LogP contribution in [0.2, 0.25) is 0 Å². The first kappa shape index (κ1) is 13.6. The highest BCUT2D eigenvalue weighted by molar-refractivity contribution is 6.01. The summed E-state index contributed by atoms with van der Waals surface area (Å²) in [6.07, 6.45) is 7.70. The molecule has 19 heavy (non-hydrogen) atoms. The van der Waals surface area contributed by atoms with Gasteiger partial charge in [-0.1, -0.05) is 24.4 Å². The largest absolute Gasteiger partial charge is 0.409 e. The molecule has 0 atom stereocenters. The van der Waals surface area contributed by atoms with Crippen molar-refractivity contribution in [3.8, 4) is 0 Å². The molecule has 1 aromatic rings. The van der Waals surface area contributed by atoms with Crippen LogP contribution in [0.5, 0.6) is 0 Å². The van der Waals surface area contributed by atoms with Crippen LogP contribution in [0, 0.1) is 0 Å². The Labute approximate surface area is 113 Å². The van der Waals surface area contributed by atoms with Crippen LogP contribution in [0.15, 0.2) is 17.4 Å². The molecule has 1 saturated carbocycles. The SMILES string of the molecule is CCN(c1nnccc1/C(N)=N/O)C1CCCCC1. The number of rotatable bonds is 4. The quantitative estimate of drug-likeness (QED) is 0.374. The maximum Gasteiger partial charge on any atom is 0.173 e. The lowest BCUT2D eigenvalue weighted by molar-refractivity contribution is 0.318. The van der Waals surface area contributed by atoms with Gasteiger partial charge in [0.25, 0.3) is 0 Å². The number of nitrogens with two attached hydrogens (primary N) is 1. The Morgan fingerprint density at radius 3 is 2.84 bits per heavy atom. The predicted octanol–water partition coefficient (Wildman–Crippen LogP) is 1.73. The molecule has 3 N–H and O–H groups in total. The summed E-state index contributed by atoms with van der Waals surface area (Å²) in [6.45, 7) is 2.94. The number of aromatic nitrogens is 2. The molecule has 1 aliphatic carbocycles. The van der Waals surface area contributed by atoms with Gasteiger partial charge in [-0.05, 0) is 25.8 Å². The molecular weight excluding hydrogens is 242 g/mol. The van der Waals surface area contributed by atoms with Gasteiger partial charge >= 0.3 is 0 Å². The average molecular weight is 263 g/mol. The lowest BCUT2D eigenvalue weighted by Crippen LogP contribution is -2.38. The average Bonchev–Trinajstić information content (AvgIpc) is 2.49. The fraction of sp³-hybridized carbons (Fsp3) is 0.615. The topological polar surface area (TPSA) is 87.6 Å². The summed E-state index contributed by atoms with van der Waals surface area (Å²) in [5.74, 6) is 0.798. The third kappa shape index (κ3) is 2.94. The minimum atomic E-state index is 0.0826. The Morgan fingerprint density at radius 2 is 2.21 bits per heavy atom. The van der Waals surface area contributed by atoms with E-state index in [0.29, 0.717) is 17.4 Å². The molecule has 0 unspecified atom stereocenters. The summed E-state index contributed by atoms with van der Waals surface area (Å²) >= 11 is 0. The van der Waals surface area contributed by atoms with Crippen molar-refractivity contribution in [2.24, 2.45) is 10.9 Å². The van der Waals surface area contributed by atoms with Gasteiger partial charge < -0.3 is 15.8 Å². The van der Waals surface area contributed by atoms with Crippen molar-refractivity contribution in [3.63, 3.8) is 0 Å². The third-order valence-corrected chi connectivity index (χ3v) is 3.71. The Bertz CT molecular complexity index is 442. The molecule has 1 aliphatic rings. The van der Waals surface area contributed by atoms with Gasteiger partial charge in [-0.25, -0.2) is 0 Å². The summed E-state index contributed by atoms with van der Waals surface area (Å²) in [6, 6.07) is 2.21. The van der Waals surface area contributed by atoms with Gasteiger partial charge in [0.15, 0.2) is 11.7 Å². The van der Waals surface area contributed by atoms with Gasteiger partial charge in [-0.15, -0.1) is 5.10 Å². The molecule has 2 rings (SSSR count). The smallest absolute Gasteiger partial charge is 0.173 e. The first-order valence-electron chi connectivity index (χ1n) is 6.84. The van der Waals surface area contributed by atoms with Gasteiger partial charge in [0.05, 0.1) is 11.8 Å². The minimum Gasteiger partial charge on any atom is -0.409 e. The zero-order chi connectivity index (χ0) is 13.7. The second kappa shape index (κ2) is 6.36. The Hall–Kier alpha value is -1.85. The fourth-order valence-electron chi connectivity index (χ4n) is 2.76. The molecule has 6 nitrogen and oxygen atoms in total. The first-order valence-corrected chi connectivity index (χ1v) is 6.84. The molecule has 6 heteroatoms. The van der Waals surface area contributed by atoms with Crippen molar-refractivity contribution in [1.29, 1.82) is 0 Å². The second-order valence-electron chi connectivity index (χ2n) is 4.83. The minimum absolute atomic E-state index is 0.0826. The van der Waals surface area contributed by atoms with E-state index in [2.05, 4.69) is 27.2 Å². The zero-order valence-electron chi connectivity index (χ0n) is 11.3. The van der Waals surface area contributed by atoms with Crippen molar-refractivity contribution in [2.45, 2.75) is 45.1 Å². The van der Waals surface area contributed by atoms with Crippen molar-refractivity contribution in [1.82, 2.24) is 10.2 Å². The van der Waals surface area contributed by atoms with Gasteiger partial charge in [0.1, 0.15) is 0 Å². The van der Waals surface area contributed by atoms with E-state index in [4.69, 9.17) is 10.9 Å². The highest BCUT2D eigenvalue weighted by Gasteiger charge is 2.24. The van der Waals surface area contributed by atoms with Crippen molar-refractivity contribution in [2.75, 3.05) is 11.4 Å². The highest BCUT2D eigenvalue weighted by atomic mass is 16.4. The van der Waals surface area contributed by atoms with E-state index in [0.717, 1.165) is 6.54 Å². The number of nitrogens with zero attached hydrogens (tertiary/aromatic N) is 4. The van der Waals surface area contributed by atoms with E-state index in [-0.39, 0.29) is 5.84 Å². The van der Waals surface area contributed by atoms with Crippen LogP contribution in [0.3, 0.4) is 0 Å². The molecule has 0 spiro atoms. The molecule has 1 heterocycles. The zero-order valence-corrected chi connectivity index (χ0v) is 11.3. The molecule has 0 radical (unpaired) electrons. The van der Waals surface area contributed by atoms with E-state index in [1.807, 2.05) is 0 Å². The van der Waals surface area contributed by atoms with Crippen molar-refractivity contribution >= 4 is 11.7 Å². The monoisotopic (exact) mass is 263 g/mol. The predicted molar refractivity (Wildman–Crippen MR) is 74.4 cm³/mol.